The van der Waals surface area contributed by atoms with E-state index >= 15 is 0 Å². The molecule has 1 atom stereocenters. The Bertz CT molecular complexity index is 684. The smallest absolute Gasteiger partial charge is 0.278 e. The summed E-state index contributed by atoms with van der Waals surface area (Å²) in [6.45, 7) is 2.56. The first-order valence-electron chi connectivity index (χ1n) is 8.39. The molecule has 1 unspecified atom stereocenters. The van der Waals surface area contributed by atoms with Crippen molar-refractivity contribution >= 4 is 22.9 Å². The van der Waals surface area contributed by atoms with E-state index in [1.54, 1.807) is 5.51 Å². The molecule has 1 amide bonds. The molecule has 1 spiro atoms. The van der Waals surface area contributed by atoms with Gasteiger partial charge in [-0.3, -0.25) is 4.79 Å². The summed E-state index contributed by atoms with van der Waals surface area (Å²) in [7, 11) is 0. The van der Waals surface area contributed by atoms with Gasteiger partial charge >= 0.3 is 0 Å². The number of para-hydroxylation sites is 1. The van der Waals surface area contributed by atoms with Crippen LogP contribution in [0.4, 0.5) is 5.69 Å². The standard InChI is InChI=1S/C18H21N3O2S/c22-17(16-12-24-13-20-16)21(14-4-2-1-3-5-14)15-10-18(23-11-15)6-8-19-9-7-18/h1-5,12-13,15,19H,6-11H2. The predicted octanol–water partition coefficient (Wildman–Crippen LogP) is 2.70. The Morgan fingerprint density at radius 3 is 2.79 bits per heavy atom. The third kappa shape index (κ3) is 2.97. The van der Waals surface area contributed by atoms with Gasteiger partial charge in [0.25, 0.3) is 5.91 Å². The van der Waals surface area contributed by atoms with E-state index in [2.05, 4.69) is 10.3 Å². The van der Waals surface area contributed by atoms with Crippen LogP contribution in [-0.2, 0) is 4.74 Å². The Balaban J connectivity index is 1.62. The van der Waals surface area contributed by atoms with E-state index in [4.69, 9.17) is 4.74 Å². The first-order valence-corrected chi connectivity index (χ1v) is 9.33. The van der Waals surface area contributed by atoms with E-state index in [1.807, 2.05) is 40.6 Å². The Hall–Kier alpha value is -1.76. The highest BCUT2D eigenvalue weighted by Gasteiger charge is 2.44. The number of thiazole rings is 1. The van der Waals surface area contributed by atoms with Gasteiger partial charge in [-0.05, 0) is 44.5 Å². The van der Waals surface area contributed by atoms with Crippen molar-refractivity contribution < 1.29 is 9.53 Å². The van der Waals surface area contributed by atoms with Crippen LogP contribution in [0, 0.1) is 0 Å². The molecule has 0 radical (unpaired) electrons. The Kier molecular flexibility index (Phi) is 4.35. The average Bonchev–Trinajstić information content (AvgIpc) is 3.28. The number of nitrogens with zero attached hydrogens (tertiary/aromatic N) is 2. The molecule has 5 nitrogen and oxygen atoms in total. The molecule has 2 saturated heterocycles. The van der Waals surface area contributed by atoms with Crippen molar-refractivity contribution in [3.63, 3.8) is 0 Å². The largest absolute Gasteiger partial charge is 0.373 e. The van der Waals surface area contributed by atoms with Gasteiger partial charge in [0.15, 0.2) is 0 Å². The van der Waals surface area contributed by atoms with E-state index < -0.39 is 0 Å². The van der Waals surface area contributed by atoms with Crippen molar-refractivity contribution in [2.45, 2.75) is 30.9 Å². The van der Waals surface area contributed by atoms with Crippen LogP contribution in [0.2, 0.25) is 0 Å². The van der Waals surface area contributed by atoms with Crippen LogP contribution in [-0.4, -0.2) is 42.2 Å². The molecule has 0 saturated carbocycles. The van der Waals surface area contributed by atoms with Gasteiger partial charge < -0.3 is 15.0 Å². The van der Waals surface area contributed by atoms with Crippen LogP contribution < -0.4 is 10.2 Å². The van der Waals surface area contributed by atoms with Gasteiger partial charge in [-0.2, -0.15) is 0 Å². The zero-order valence-electron chi connectivity index (χ0n) is 13.5. The van der Waals surface area contributed by atoms with Crippen molar-refractivity contribution in [2.75, 3.05) is 24.6 Å². The van der Waals surface area contributed by atoms with Crippen molar-refractivity contribution in [1.29, 1.82) is 0 Å². The first kappa shape index (κ1) is 15.7. The predicted molar refractivity (Wildman–Crippen MR) is 94.6 cm³/mol. The van der Waals surface area contributed by atoms with Crippen molar-refractivity contribution in [1.82, 2.24) is 10.3 Å². The van der Waals surface area contributed by atoms with Crippen LogP contribution in [0.15, 0.2) is 41.2 Å². The van der Waals surface area contributed by atoms with E-state index in [0.29, 0.717) is 12.3 Å². The lowest BCUT2D eigenvalue weighted by molar-refractivity contribution is -0.0193. The number of amides is 1. The molecule has 3 heterocycles. The second-order valence-electron chi connectivity index (χ2n) is 6.49. The Morgan fingerprint density at radius 1 is 1.29 bits per heavy atom. The van der Waals surface area contributed by atoms with Crippen LogP contribution in [0.25, 0.3) is 0 Å². The minimum absolute atomic E-state index is 0.0398. The molecule has 126 valence electrons. The quantitative estimate of drug-likeness (QED) is 0.931. The normalized spacial score (nSPS) is 22.6. The number of hydrogen-bond acceptors (Lipinski definition) is 5. The second kappa shape index (κ2) is 6.63. The summed E-state index contributed by atoms with van der Waals surface area (Å²) in [6, 6.07) is 9.92. The Labute approximate surface area is 145 Å². The van der Waals surface area contributed by atoms with Crippen LogP contribution in [0.5, 0.6) is 0 Å². The van der Waals surface area contributed by atoms with Crippen molar-refractivity contribution in [2.24, 2.45) is 0 Å². The second-order valence-corrected chi connectivity index (χ2v) is 7.21. The van der Waals surface area contributed by atoms with Crippen LogP contribution in [0.1, 0.15) is 29.8 Å². The maximum absolute atomic E-state index is 13.1. The highest BCUT2D eigenvalue weighted by Crippen LogP contribution is 2.37. The van der Waals surface area contributed by atoms with Gasteiger partial charge in [0.05, 0.1) is 23.8 Å². The molecule has 4 rings (SSSR count). The molecular formula is C18H21N3O2S. The van der Waals surface area contributed by atoms with Gasteiger partial charge in [-0.25, -0.2) is 4.98 Å². The van der Waals surface area contributed by atoms with E-state index in [0.717, 1.165) is 38.0 Å². The van der Waals surface area contributed by atoms with Crippen LogP contribution in [0.3, 0.4) is 0 Å². The fourth-order valence-corrected chi connectivity index (χ4v) is 4.27. The summed E-state index contributed by atoms with van der Waals surface area (Å²) in [5, 5.41) is 5.20. The molecule has 1 N–H and O–H groups in total. The molecule has 24 heavy (non-hydrogen) atoms. The molecule has 6 heteroatoms. The molecule has 1 aromatic heterocycles. The maximum atomic E-state index is 13.1. The summed E-state index contributed by atoms with van der Waals surface area (Å²) >= 11 is 1.45. The van der Waals surface area contributed by atoms with Crippen molar-refractivity contribution in [3.05, 3.63) is 46.9 Å². The fraction of sp³-hybridized carbons (Fsp3) is 0.444. The Morgan fingerprint density at radius 2 is 2.08 bits per heavy atom. The van der Waals surface area contributed by atoms with Gasteiger partial charge in [0, 0.05) is 11.1 Å². The highest BCUT2D eigenvalue weighted by molar-refractivity contribution is 7.07. The monoisotopic (exact) mass is 343 g/mol. The summed E-state index contributed by atoms with van der Waals surface area (Å²) in [5.41, 5.74) is 3.05. The number of benzene rings is 1. The number of carbonyl (C=O) groups excluding carboxylic acids is 1. The minimum Gasteiger partial charge on any atom is -0.373 e. The first-order chi connectivity index (χ1) is 11.8. The van der Waals surface area contributed by atoms with Gasteiger partial charge in [-0.1, -0.05) is 18.2 Å². The van der Waals surface area contributed by atoms with Gasteiger partial charge in [0.1, 0.15) is 5.69 Å². The highest BCUT2D eigenvalue weighted by atomic mass is 32.1. The van der Waals surface area contributed by atoms with E-state index in [-0.39, 0.29) is 17.6 Å². The number of aromatic nitrogens is 1. The molecular weight excluding hydrogens is 322 g/mol. The lowest BCUT2D eigenvalue weighted by Gasteiger charge is -2.34. The topological polar surface area (TPSA) is 54.5 Å². The third-order valence-corrected chi connectivity index (χ3v) is 5.56. The molecule has 2 fully saturated rings. The van der Waals surface area contributed by atoms with Gasteiger partial charge in [-0.15, -0.1) is 11.3 Å². The maximum Gasteiger partial charge on any atom is 0.278 e. The zero-order valence-corrected chi connectivity index (χ0v) is 14.3. The van der Waals surface area contributed by atoms with Crippen molar-refractivity contribution in [3.8, 4) is 0 Å². The molecule has 2 aliphatic rings. The number of piperidine rings is 1. The average molecular weight is 343 g/mol. The summed E-state index contributed by atoms with van der Waals surface area (Å²) in [4.78, 5) is 19.2. The lowest BCUT2D eigenvalue weighted by Crippen LogP contribution is -2.44. The number of carbonyl (C=O) groups is 1. The van der Waals surface area contributed by atoms with E-state index in [1.165, 1.54) is 11.3 Å². The minimum atomic E-state index is -0.0781. The molecule has 2 aromatic rings. The number of nitrogens with one attached hydrogen (secondary N) is 1. The lowest BCUT2D eigenvalue weighted by atomic mass is 9.88. The molecule has 0 aliphatic carbocycles. The summed E-state index contributed by atoms with van der Waals surface area (Å²) < 4.78 is 6.21. The zero-order chi connectivity index (χ0) is 16.4. The summed E-state index contributed by atoms with van der Waals surface area (Å²) in [6.07, 6.45) is 2.91. The molecule has 0 bridgehead atoms. The number of ether oxygens (including phenoxy) is 1. The van der Waals surface area contributed by atoms with Crippen LogP contribution >= 0.6 is 11.3 Å². The number of hydrogen-bond donors (Lipinski definition) is 1. The number of rotatable bonds is 3. The SMILES string of the molecule is O=C(c1cscn1)N(c1ccccc1)C1COC2(CCNCC2)C1. The van der Waals surface area contributed by atoms with Gasteiger partial charge in [0.2, 0.25) is 0 Å². The molecule has 2 aliphatic heterocycles. The fourth-order valence-electron chi connectivity index (χ4n) is 3.74. The summed E-state index contributed by atoms with van der Waals surface area (Å²) in [5.74, 6) is -0.0398. The number of anilines is 1. The third-order valence-electron chi connectivity index (χ3n) is 4.97. The van der Waals surface area contributed by atoms with E-state index in [9.17, 15) is 4.79 Å². The molecule has 1 aromatic carbocycles.